The van der Waals surface area contributed by atoms with Gasteiger partial charge in [0, 0.05) is 79.6 Å². The van der Waals surface area contributed by atoms with Crippen molar-refractivity contribution < 1.29 is 9.18 Å². The zero-order chi connectivity index (χ0) is 24.4. The summed E-state index contributed by atoms with van der Waals surface area (Å²) < 4.78 is 15.3. The number of aliphatic imine (C=N–C) groups is 1. The van der Waals surface area contributed by atoms with Crippen molar-refractivity contribution in [3.63, 3.8) is 0 Å². The second kappa shape index (κ2) is 9.79. The van der Waals surface area contributed by atoms with Crippen LogP contribution in [0.1, 0.15) is 29.6 Å². The Morgan fingerprint density at radius 1 is 1.34 bits per heavy atom. The Labute approximate surface area is 202 Å². The average Bonchev–Trinajstić information content (AvgIpc) is 3.29. The molecule has 1 aliphatic rings. The number of carbonyl (C=O) groups is 1. The van der Waals surface area contributed by atoms with Crippen LogP contribution in [0.15, 0.2) is 47.8 Å². The summed E-state index contributed by atoms with van der Waals surface area (Å²) in [6.07, 6.45) is 9.37. The van der Waals surface area contributed by atoms with Crippen LogP contribution in [0.2, 0.25) is 0 Å². The summed E-state index contributed by atoms with van der Waals surface area (Å²) in [6.45, 7) is 2.09. The Morgan fingerprint density at radius 2 is 2.23 bits per heavy atom. The summed E-state index contributed by atoms with van der Waals surface area (Å²) in [5.41, 5.74) is 10.0. The minimum atomic E-state index is -0.394. The highest BCUT2D eigenvalue weighted by Gasteiger charge is 2.21. The third-order valence-corrected chi connectivity index (χ3v) is 6.42. The van der Waals surface area contributed by atoms with Crippen LogP contribution in [-0.2, 0) is 0 Å². The maximum Gasteiger partial charge on any atom is 0.252 e. The van der Waals surface area contributed by atoms with Crippen molar-refractivity contribution in [1.29, 1.82) is 0 Å². The first-order valence-electron chi connectivity index (χ1n) is 11.8. The summed E-state index contributed by atoms with van der Waals surface area (Å²) in [4.78, 5) is 30.6. The SMILES string of the molecule is CN=CCCNC(=O)c1cnc2[nH]cc(-c3cc(F)c4nccc(N5CCC[C@@H](N)C5)c4c3)c2c1. The highest BCUT2D eigenvalue weighted by Crippen LogP contribution is 2.35. The predicted molar refractivity (Wildman–Crippen MR) is 138 cm³/mol. The summed E-state index contributed by atoms with van der Waals surface area (Å²) in [5.74, 6) is -0.608. The van der Waals surface area contributed by atoms with Gasteiger partial charge in [0.25, 0.3) is 5.91 Å². The lowest BCUT2D eigenvalue weighted by Crippen LogP contribution is -2.42. The number of nitrogens with zero attached hydrogens (tertiary/aromatic N) is 4. The van der Waals surface area contributed by atoms with Crippen LogP contribution in [0.25, 0.3) is 33.1 Å². The number of halogens is 1. The fourth-order valence-electron chi connectivity index (χ4n) is 4.71. The lowest BCUT2D eigenvalue weighted by atomic mass is 10.00. The van der Waals surface area contributed by atoms with Crippen molar-refractivity contribution >= 4 is 39.7 Å². The molecule has 0 spiro atoms. The molecule has 5 rings (SSSR count). The van der Waals surface area contributed by atoms with Gasteiger partial charge in [-0.25, -0.2) is 9.37 Å². The van der Waals surface area contributed by atoms with Crippen LogP contribution >= 0.6 is 0 Å². The molecule has 0 bridgehead atoms. The first-order chi connectivity index (χ1) is 17.0. The van der Waals surface area contributed by atoms with Gasteiger partial charge in [-0.3, -0.25) is 9.78 Å². The van der Waals surface area contributed by atoms with Crippen LogP contribution < -0.4 is 16.0 Å². The number of nitrogens with one attached hydrogen (secondary N) is 2. The lowest BCUT2D eigenvalue weighted by molar-refractivity contribution is 0.0954. The molecule has 1 saturated heterocycles. The minimum absolute atomic E-state index is 0.0958. The van der Waals surface area contributed by atoms with Crippen LogP contribution in [-0.4, -0.2) is 59.8 Å². The Balaban J connectivity index is 1.54. The molecule has 9 heteroatoms. The number of nitrogens with two attached hydrogens (primary N) is 1. The Bertz CT molecular complexity index is 1410. The van der Waals surface area contributed by atoms with E-state index in [0.29, 0.717) is 35.3 Å². The molecule has 4 N–H and O–H groups in total. The second-order valence-corrected chi connectivity index (χ2v) is 8.84. The van der Waals surface area contributed by atoms with E-state index in [1.165, 1.54) is 12.3 Å². The number of H-pyrrole nitrogens is 1. The third-order valence-electron chi connectivity index (χ3n) is 6.42. The van der Waals surface area contributed by atoms with Gasteiger partial charge in [0.15, 0.2) is 0 Å². The van der Waals surface area contributed by atoms with Gasteiger partial charge in [-0.1, -0.05) is 0 Å². The molecule has 0 aliphatic carbocycles. The zero-order valence-electron chi connectivity index (χ0n) is 19.6. The van der Waals surface area contributed by atoms with Crippen molar-refractivity contribution in [2.45, 2.75) is 25.3 Å². The normalized spacial score (nSPS) is 16.4. The van der Waals surface area contributed by atoms with Gasteiger partial charge < -0.3 is 25.9 Å². The van der Waals surface area contributed by atoms with E-state index >= 15 is 4.39 Å². The molecule has 0 radical (unpaired) electrons. The number of piperidine rings is 1. The summed E-state index contributed by atoms with van der Waals surface area (Å²) in [6, 6.07) is 7.25. The van der Waals surface area contributed by atoms with Crippen LogP contribution in [0.3, 0.4) is 0 Å². The van der Waals surface area contributed by atoms with E-state index < -0.39 is 5.82 Å². The Hall–Kier alpha value is -3.85. The Morgan fingerprint density at radius 3 is 3.06 bits per heavy atom. The van der Waals surface area contributed by atoms with Gasteiger partial charge in [0.2, 0.25) is 0 Å². The number of benzene rings is 1. The molecule has 4 aromatic rings. The van der Waals surface area contributed by atoms with Gasteiger partial charge in [-0.05, 0) is 49.1 Å². The summed E-state index contributed by atoms with van der Waals surface area (Å²) in [5, 5.41) is 4.35. The maximum absolute atomic E-state index is 15.3. The number of aromatic amines is 1. The van der Waals surface area contributed by atoms with E-state index in [0.717, 1.165) is 48.0 Å². The molecule has 1 aromatic carbocycles. The largest absolute Gasteiger partial charge is 0.369 e. The van der Waals surface area contributed by atoms with E-state index in [9.17, 15) is 4.79 Å². The number of hydrogen-bond acceptors (Lipinski definition) is 6. The van der Waals surface area contributed by atoms with Gasteiger partial charge in [0.05, 0.1) is 5.56 Å². The quantitative estimate of drug-likeness (QED) is 0.292. The molecule has 1 fully saturated rings. The topological polar surface area (TPSA) is 112 Å². The monoisotopic (exact) mass is 473 g/mol. The van der Waals surface area contributed by atoms with Crippen LogP contribution in [0, 0.1) is 5.82 Å². The van der Waals surface area contributed by atoms with Crippen LogP contribution in [0.4, 0.5) is 10.1 Å². The number of anilines is 1. The van der Waals surface area contributed by atoms with Gasteiger partial charge in [-0.15, -0.1) is 0 Å². The predicted octanol–water partition coefficient (Wildman–Crippen LogP) is 3.67. The van der Waals surface area contributed by atoms with Crippen molar-refractivity contribution in [1.82, 2.24) is 20.3 Å². The molecule has 1 aliphatic heterocycles. The van der Waals surface area contributed by atoms with Gasteiger partial charge in [0.1, 0.15) is 17.0 Å². The number of fused-ring (bicyclic) bond motifs is 2. The van der Waals surface area contributed by atoms with E-state index in [1.54, 1.807) is 31.7 Å². The number of carbonyl (C=O) groups excluding carboxylic acids is 1. The lowest BCUT2D eigenvalue weighted by Gasteiger charge is -2.33. The Kier molecular flexibility index (Phi) is 6.41. The fourth-order valence-corrected chi connectivity index (χ4v) is 4.71. The molecule has 1 amide bonds. The minimum Gasteiger partial charge on any atom is -0.369 e. The molecule has 8 nitrogen and oxygen atoms in total. The second-order valence-electron chi connectivity index (χ2n) is 8.84. The molecular formula is C26H28FN7O. The summed E-state index contributed by atoms with van der Waals surface area (Å²) >= 11 is 0. The summed E-state index contributed by atoms with van der Waals surface area (Å²) in [7, 11) is 1.70. The van der Waals surface area contributed by atoms with E-state index in [2.05, 4.69) is 30.2 Å². The van der Waals surface area contributed by atoms with Crippen molar-refractivity contribution in [3.05, 3.63) is 54.2 Å². The number of hydrogen-bond donors (Lipinski definition) is 3. The molecule has 1 atom stereocenters. The number of amides is 1. The number of aromatic nitrogens is 3. The zero-order valence-corrected chi connectivity index (χ0v) is 19.6. The molecule has 3 aromatic heterocycles. The molecule has 4 heterocycles. The highest BCUT2D eigenvalue weighted by molar-refractivity contribution is 6.03. The van der Waals surface area contributed by atoms with Crippen molar-refractivity contribution in [2.24, 2.45) is 10.7 Å². The fraction of sp³-hybridized carbons (Fsp3) is 0.308. The third kappa shape index (κ3) is 4.59. The van der Waals surface area contributed by atoms with E-state index in [1.807, 2.05) is 12.1 Å². The van der Waals surface area contributed by atoms with Crippen molar-refractivity contribution in [3.8, 4) is 11.1 Å². The molecule has 35 heavy (non-hydrogen) atoms. The number of rotatable bonds is 6. The van der Waals surface area contributed by atoms with E-state index in [4.69, 9.17) is 5.73 Å². The molecule has 180 valence electrons. The van der Waals surface area contributed by atoms with Crippen molar-refractivity contribution in [2.75, 3.05) is 31.6 Å². The first-order valence-corrected chi connectivity index (χ1v) is 11.8. The average molecular weight is 474 g/mol. The van der Waals surface area contributed by atoms with Gasteiger partial charge >= 0.3 is 0 Å². The first kappa shape index (κ1) is 22.9. The van der Waals surface area contributed by atoms with Gasteiger partial charge in [-0.2, -0.15) is 0 Å². The highest BCUT2D eigenvalue weighted by atomic mass is 19.1. The van der Waals surface area contributed by atoms with E-state index in [-0.39, 0.29) is 11.9 Å². The standard InChI is InChI=1S/C26H28FN7O/c1-29-6-3-7-31-26(35)17-11-19-21(14-33-25(19)32-13-17)16-10-20-23(34-9-2-4-18(28)15-34)5-8-30-24(20)22(27)12-16/h5-6,8,10-14,18H,2-4,7,9,15,28H2,1H3,(H,31,35)(H,32,33)/t18-/m1/s1. The molecule has 0 saturated carbocycles. The molecule has 0 unspecified atom stereocenters. The molecular weight excluding hydrogens is 445 g/mol. The van der Waals surface area contributed by atoms with Crippen LogP contribution in [0.5, 0.6) is 0 Å². The maximum atomic E-state index is 15.3. The smallest absolute Gasteiger partial charge is 0.252 e. The number of pyridine rings is 2.